The lowest BCUT2D eigenvalue weighted by Crippen LogP contribution is -2.27. The highest BCUT2D eigenvalue weighted by molar-refractivity contribution is 5.93. The number of aromatic carboxylic acids is 1. The van der Waals surface area contributed by atoms with Gasteiger partial charge in [-0.15, -0.1) is 0 Å². The number of furan rings is 1. The number of carbonyl (C=O) groups is 1. The van der Waals surface area contributed by atoms with E-state index in [1.54, 1.807) is 18.4 Å². The summed E-state index contributed by atoms with van der Waals surface area (Å²) >= 11 is 0. The average molecular weight is 387 g/mol. The van der Waals surface area contributed by atoms with Crippen molar-refractivity contribution in [2.45, 2.75) is 19.9 Å². The Bertz CT molecular complexity index is 1180. The molecule has 2 aromatic heterocycles. The number of benzene rings is 2. The molecule has 4 aromatic rings. The first-order chi connectivity index (χ1) is 13.9. The van der Waals surface area contributed by atoms with E-state index in [9.17, 15) is 9.90 Å². The maximum absolute atomic E-state index is 11.3. The average Bonchev–Trinajstić information content (AvgIpc) is 3.22. The summed E-state index contributed by atoms with van der Waals surface area (Å²) in [5.74, 6) is 0.266. The Kier molecular flexibility index (Phi) is 4.76. The lowest BCUT2D eigenvalue weighted by molar-refractivity contribution is 0.0697. The second-order valence-electron chi connectivity index (χ2n) is 7.17. The van der Waals surface area contributed by atoms with Gasteiger partial charge < -0.3 is 14.4 Å². The van der Waals surface area contributed by atoms with Gasteiger partial charge >= 0.3 is 5.97 Å². The first-order valence-electron chi connectivity index (χ1n) is 9.36. The van der Waals surface area contributed by atoms with Crippen LogP contribution < -0.4 is 4.90 Å². The van der Waals surface area contributed by atoms with Crippen LogP contribution in [0, 0.1) is 0 Å². The fourth-order valence-electron chi connectivity index (χ4n) is 3.08. The molecule has 0 amide bonds. The van der Waals surface area contributed by atoms with Crippen LogP contribution in [0.15, 0.2) is 65.3 Å². The van der Waals surface area contributed by atoms with Crippen molar-refractivity contribution in [2.75, 3.05) is 11.9 Å². The number of nitrogens with zero attached hydrogens (tertiary/aromatic N) is 3. The molecule has 1 N–H and O–H groups in total. The van der Waals surface area contributed by atoms with Crippen molar-refractivity contribution in [1.29, 1.82) is 0 Å². The van der Waals surface area contributed by atoms with Crippen LogP contribution in [-0.4, -0.2) is 34.1 Å². The molecule has 0 atom stereocenters. The summed E-state index contributed by atoms with van der Waals surface area (Å²) in [5.41, 5.74) is 3.97. The number of carboxylic acid groups (broad SMARTS) is 1. The lowest BCUT2D eigenvalue weighted by Gasteiger charge is -2.24. The minimum atomic E-state index is -0.991. The molecule has 0 unspecified atom stereocenters. The summed E-state index contributed by atoms with van der Waals surface area (Å²) in [6, 6.07) is 16.9. The quantitative estimate of drug-likeness (QED) is 0.513. The standard InChI is InChI=1S/C23H21N3O3/c1-14(2)26(3)22-21(20-12-17(13-29-20)15-7-5-4-6-8-15)24-18-10-9-16(23(27)28)11-19(18)25-22/h4-14H,1-3H3,(H,27,28). The predicted octanol–water partition coefficient (Wildman–Crippen LogP) is 5.10. The molecule has 2 aromatic carbocycles. The van der Waals surface area contributed by atoms with Gasteiger partial charge in [0.1, 0.15) is 5.69 Å². The molecule has 0 spiro atoms. The van der Waals surface area contributed by atoms with E-state index in [1.807, 2.05) is 48.3 Å². The normalized spacial score (nSPS) is 11.2. The number of anilines is 1. The van der Waals surface area contributed by atoms with Crippen LogP contribution in [0.5, 0.6) is 0 Å². The van der Waals surface area contributed by atoms with E-state index >= 15 is 0 Å². The van der Waals surface area contributed by atoms with Gasteiger partial charge in [0.15, 0.2) is 11.6 Å². The molecule has 6 nitrogen and oxygen atoms in total. The fraction of sp³-hybridized carbons (Fsp3) is 0.174. The van der Waals surface area contributed by atoms with Crippen molar-refractivity contribution in [3.63, 3.8) is 0 Å². The molecule has 0 radical (unpaired) electrons. The lowest BCUT2D eigenvalue weighted by atomic mass is 10.1. The second kappa shape index (κ2) is 7.39. The van der Waals surface area contributed by atoms with E-state index in [-0.39, 0.29) is 11.6 Å². The molecule has 0 saturated heterocycles. The first kappa shape index (κ1) is 18.7. The highest BCUT2D eigenvalue weighted by Crippen LogP contribution is 2.34. The Labute approximate surface area is 168 Å². The van der Waals surface area contributed by atoms with Gasteiger partial charge in [0, 0.05) is 18.7 Å². The van der Waals surface area contributed by atoms with Crippen molar-refractivity contribution in [3.8, 4) is 22.6 Å². The molecular weight excluding hydrogens is 366 g/mol. The molecule has 146 valence electrons. The summed E-state index contributed by atoms with van der Waals surface area (Å²) < 4.78 is 5.86. The molecule has 4 rings (SSSR count). The van der Waals surface area contributed by atoms with Gasteiger partial charge in [0.25, 0.3) is 0 Å². The fourth-order valence-corrected chi connectivity index (χ4v) is 3.08. The van der Waals surface area contributed by atoms with E-state index in [2.05, 4.69) is 13.8 Å². The molecule has 0 saturated carbocycles. The molecular formula is C23H21N3O3. The van der Waals surface area contributed by atoms with E-state index in [0.717, 1.165) is 11.1 Å². The zero-order valence-corrected chi connectivity index (χ0v) is 16.5. The van der Waals surface area contributed by atoms with E-state index in [4.69, 9.17) is 14.4 Å². The summed E-state index contributed by atoms with van der Waals surface area (Å²) in [4.78, 5) is 22.8. The zero-order chi connectivity index (χ0) is 20.5. The molecule has 0 aliphatic carbocycles. The van der Waals surface area contributed by atoms with Crippen molar-refractivity contribution in [3.05, 3.63) is 66.4 Å². The van der Waals surface area contributed by atoms with Crippen molar-refractivity contribution < 1.29 is 14.3 Å². The second-order valence-corrected chi connectivity index (χ2v) is 7.17. The molecule has 0 fully saturated rings. The highest BCUT2D eigenvalue weighted by atomic mass is 16.4. The topological polar surface area (TPSA) is 79.5 Å². The molecule has 0 aliphatic rings. The van der Waals surface area contributed by atoms with E-state index in [1.165, 1.54) is 6.07 Å². The predicted molar refractivity (Wildman–Crippen MR) is 113 cm³/mol. The van der Waals surface area contributed by atoms with Crippen molar-refractivity contribution >= 4 is 22.8 Å². The van der Waals surface area contributed by atoms with Gasteiger partial charge in [-0.1, -0.05) is 30.3 Å². The smallest absolute Gasteiger partial charge is 0.335 e. The number of hydrogen-bond donors (Lipinski definition) is 1. The monoisotopic (exact) mass is 387 g/mol. The molecule has 0 bridgehead atoms. The molecule has 0 aliphatic heterocycles. The maximum atomic E-state index is 11.3. The van der Waals surface area contributed by atoms with Gasteiger partial charge in [0.2, 0.25) is 0 Å². The van der Waals surface area contributed by atoms with Gasteiger partial charge in [-0.2, -0.15) is 0 Å². The van der Waals surface area contributed by atoms with Crippen LogP contribution in [-0.2, 0) is 0 Å². The number of fused-ring (bicyclic) bond motifs is 1. The van der Waals surface area contributed by atoms with Crippen LogP contribution in [0.1, 0.15) is 24.2 Å². The van der Waals surface area contributed by atoms with E-state index in [0.29, 0.717) is 28.3 Å². The Hall–Kier alpha value is -3.67. The Balaban J connectivity index is 1.88. The number of hydrogen-bond acceptors (Lipinski definition) is 5. The minimum Gasteiger partial charge on any atom is -0.478 e. The molecule has 6 heteroatoms. The van der Waals surface area contributed by atoms with Crippen LogP contribution in [0.2, 0.25) is 0 Å². The first-order valence-corrected chi connectivity index (χ1v) is 9.36. The number of carboxylic acids is 1. The van der Waals surface area contributed by atoms with Gasteiger partial charge in [-0.25, -0.2) is 14.8 Å². The third-order valence-corrected chi connectivity index (χ3v) is 4.94. The van der Waals surface area contributed by atoms with Gasteiger partial charge in [-0.05, 0) is 43.7 Å². The van der Waals surface area contributed by atoms with E-state index < -0.39 is 5.97 Å². The zero-order valence-electron chi connectivity index (χ0n) is 16.5. The van der Waals surface area contributed by atoms with Crippen molar-refractivity contribution in [2.24, 2.45) is 0 Å². The van der Waals surface area contributed by atoms with Gasteiger partial charge in [0.05, 0.1) is 22.9 Å². The van der Waals surface area contributed by atoms with Crippen LogP contribution >= 0.6 is 0 Å². The summed E-state index contributed by atoms with van der Waals surface area (Å²) in [6.07, 6.45) is 1.71. The SMILES string of the molecule is CC(C)N(C)c1nc2cc(C(=O)O)ccc2nc1-c1cc(-c2ccccc2)co1. The summed E-state index contributed by atoms with van der Waals surface area (Å²) in [5, 5.41) is 9.28. The largest absolute Gasteiger partial charge is 0.478 e. The van der Waals surface area contributed by atoms with Gasteiger partial charge in [-0.3, -0.25) is 0 Å². The number of aromatic nitrogens is 2. The third-order valence-electron chi connectivity index (χ3n) is 4.94. The Morgan fingerprint density at radius 2 is 1.76 bits per heavy atom. The summed E-state index contributed by atoms with van der Waals surface area (Å²) in [6.45, 7) is 4.11. The highest BCUT2D eigenvalue weighted by Gasteiger charge is 2.20. The number of rotatable bonds is 5. The van der Waals surface area contributed by atoms with Crippen LogP contribution in [0.4, 0.5) is 5.82 Å². The Morgan fingerprint density at radius 3 is 2.45 bits per heavy atom. The molecule has 29 heavy (non-hydrogen) atoms. The Morgan fingerprint density at radius 1 is 1.00 bits per heavy atom. The van der Waals surface area contributed by atoms with Crippen LogP contribution in [0.3, 0.4) is 0 Å². The third kappa shape index (κ3) is 3.57. The minimum absolute atomic E-state index is 0.173. The van der Waals surface area contributed by atoms with Crippen LogP contribution in [0.25, 0.3) is 33.6 Å². The van der Waals surface area contributed by atoms with Crippen molar-refractivity contribution in [1.82, 2.24) is 9.97 Å². The molecule has 2 heterocycles. The maximum Gasteiger partial charge on any atom is 0.335 e. The summed E-state index contributed by atoms with van der Waals surface area (Å²) in [7, 11) is 1.94.